The van der Waals surface area contributed by atoms with Gasteiger partial charge in [-0.1, -0.05) is 12.1 Å². The van der Waals surface area contributed by atoms with Gasteiger partial charge in [0.25, 0.3) is 5.91 Å². The molecule has 3 aliphatic heterocycles. The normalized spacial score (nSPS) is 28.6. The molecular weight excluding hydrogens is 563 g/mol. The molecule has 1 saturated carbocycles. The van der Waals surface area contributed by atoms with Crippen molar-refractivity contribution < 1.29 is 46.1 Å². The van der Waals surface area contributed by atoms with Crippen LogP contribution < -0.4 is 4.74 Å². The summed E-state index contributed by atoms with van der Waals surface area (Å²) >= 11 is 0. The van der Waals surface area contributed by atoms with Crippen LogP contribution in [-0.4, -0.2) is 64.9 Å². The smallest absolute Gasteiger partial charge is 0.416 e. The number of piperidine rings is 1. The van der Waals surface area contributed by atoms with Crippen LogP contribution in [0.2, 0.25) is 0 Å². The summed E-state index contributed by atoms with van der Waals surface area (Å²) in [5, 5.41) is 9.99. The van der Waals surface area contributed by atoms with E-state index in [1.807, 2.05) is 0 Å². The molecule has 2 saturated heterocycles. The summed E-state index contributed by atoms with van der Waals surface area (Å²) in [4.78, 5) is 29.4. The number of likely N-dealkylation sites (tertiary alicyclic amines) is 1. The molecule has 1 amide bonds. The highest BCUT2D eigenvalue weighted by atomic mass is 19.4. The summed E-state index contributed by atoms with van der Waals surface area (Å²) < 4.78 is 79.4. The van der Waals surface area contributed by atoms with Gasteiger partial charge in [0.2, 0.25) is 0 Å². The van der Waals surface area contributed by atoms with E-state index in [1.165, 1.54) is 17.0 Å². The third-order valence-electron chi connectivity index (χ3n) is 9.22. The summed E-state index contributed by atoms with van der Waals surface area (Å²) in [6, 6.07) is 7.03. The van der Waals surface area contributed by atoms with Crippen molar-refractivity contribution in [1.29, 1.82) is 0 Å². The van der Waals surface area contributed by atoms with Crippen molar-refractivity contribution in [2.24, 2.45) is 11.8 Å². The van der Waals surface area contributed by atoms with Gasteiger partial charge in [-0.05, 0) is 80.3 Å². The molecule has 226 valence electrons. The van der Waals surface area contributed by atoms with Crippen molar-refractivity contribution in [2.75, 3.05) is 26.4 Å². The number of carbonyl (C=O) groups is 2. The quantitative estimate of drug-likeness (QED) is 0.481. The maximum Gasteiger partial charge on any atom is 0.416 e. The Morgan fingerprint density at radius 2 is 1.76 bits per heavy atom. The predicted molar refractivity (Wildman–Crippen MR) is 138 cm³/mol. The molecule has 3 fully saturated rings. The molecule has 42 heavy (non-hydrogen) atoms. The second kappa shape index (κ2) is 10.8. The Kier molecular flexibility index (Phi) is 7.41. The van der Waals surface area contributed by atoms with Gasteiger partial charge < -0.3 is 19.5 Å². The fourth-order valence-electron chi connectivity index (χ4n) is 6.84. The number of benzene rings is 2. The minimum absolute atomic E-state index is 0.0402. The van der Waals surface area contributed by atoms with Gasteiger partial charge >= 0.3 is 12.1 Å². The number of ether oxygens (including phenoxy) is 2. The average Bonchev–Trinajstić information content (AvgIpc) is 3.82. The van der Waals surface area contributed by atoms with Gasteiger partial charge in [-0.3, -0.25) is 14.5 Å². The Balaban J connectivity index is 1.14. The van der Waals surface area contributed by atoms with Crippen LogP contribution in [0.25, 0.3) is 0 Å². The molecule has 6 rings (SSSR count). The lowest BCUT2D eigenvalue weighted by Crippen LogP contribution is -2.59. The number of hydrogen-bond donors (Lipinski definition) is 1. The molecular formula is C30H31F5N2O5. The average molecular weight is 595 g/mol. The zero-order valence-electron chi connectivity index (χ0n) is 22.7. The highest BCUT2D eigenvalue weighted by molar-refractivity contribution is 5.86. The van der Waals surface area contributed by atoms with Gasteiger partial charge in [0.1, 0.15) is 11.4 Å². The van der Waals surface area contributed by atoms with E-state index >= 15 is 0 Å². The van der Waals surface area contributed by atoms with Crippen molar-refractivity contribution >= 4 is 11.9 Å². The van der Waals surface area contributed by atoms with Crippen LogP contribution in [0.15, 0.2) is 36.4 Å². The molecule has 1 aliphatic carbocycles. The van der Waals surface area contributed by atoms with Gasteiger partial charge in [0.15, 0.2) is 18.3 Å². The molecule has 0 aromatic heterocycles. The third-order valence-corrected chi connectivity index (χ3v) is 9.22. The zero-order valence-corrected chi connectivity index (χ0v) is 22.7. The first-order chi connectivity index (χ1) is 20.0. The molecule has 7 nitrogen and oxygen atoms in total. The van der Waals surface area contributed by atoms with E-state index in [4.69, 9.17) is 9.47 Å². The zero-order chi connectivity index (χ0) is 29.8. The number of fused-ring (bicyclic) bond motifs is 1. The highest BCUT2D eigenvalue weighted by Gasteiger charge is 2.56. The Morgan fingerprint density at radius 3 is 2.38 bits per heavy atom. The lowest BCUT2D eigenvalue weighted by molar-refractivity contribution is -0.181. The van der Waals surface area contributed by atoms with Crippen LogP contribution in [0.3, 0.4) is 0 Å². The van der Waals surface area contributed by atoms with Gasteiger partial charge in [-0.2, -0.15) is 13.2 Å². The number of carboxylic acids is 1. The molecule has 4 aliphatic rings. The number of alkyl halides is 3. The fourth-order valence-corrected chi connectivity index (χ4v) is 6.84. The van der Waals surface area contributed by atoms with Crippen molar-refractivity contribution in [3.63, 3.8) is 0 Å². The second-order valence-corrected chi connectivity index (χ2v) is 11.8. The number of halogens is 5. The fraction of sp³-hybridized carbons (Fsp3) is 0.533. The van der Waals surface area contributed by atoms with Crippen LogP contribution in [-0.2, 0) is 27.0 Å². The van der Waals surface area contributed by atoms with E-state index in [1.54, 1.807) is 12.1 Å². The Hall–Kier alpha value is -3.25. The standard InChI is InChI=1S/C30H31F5N2O5/c31-21-5-1-17(2-6-21)23-8-10-36(14-24(23)27(38)39)22-7-9-29(42-15-22,19-3-4-19)28(40)37-13-18-11-20(30(33,34)35)12-25(32)26(18)41-16-37/h1-2,5-6,11-12,19,22-24H,3-4,7-10,13-16H2,(H,38,39)/t22-,23+,24-,29+/m1/s1. The van der Waals surface area contributed by atoms with Gasteiger partial charge in [0.05, 0.1) is 24.6 Å². The number of rotatable bonds is 5. The van der Waals surface area contributed by atoms with Crippen LogP contribution in [0, 0.1) is 23.5 Å². The maximum absolute atomic E-state index is 14.4. The number of carboxylic acid groups (broad SMARTS) is 1. The van der Waals surface area contributed by atoms with Gasteiger partial charge in [0, 0.05) is 18.2 Å². The van der Waals surface area contributed by atoms with E-state index in [2.05, 4.69) is 4.90 Å². The van der Waals surface area contributed by atoms with Crippen LogP contribution in [0.4, 0.5) is 22.0 Å². The molecule has 0 bridgehead atoms. The summed E-state index contributed by atoms with van der Waals surface area (Å²) in [6.07, 6.45) is -1.67. The number of hydrogen-bond acceptors (Lipinski definition) is 5. The Labute approximate surface area is 239 Å². The Bertz CT molecular complexity index is 1360. The molecule has 3 heterocycles. The van der Waals surface area contributed by atoms with Gasteiger partial charge in [-0.15, -0.1) is 0 Å². The van der Waals surface area contributed by atoms with E-state index in [0.717, 1.165) is 24.5 Å². The van der Waals surface area contributed by atoms with Crippen molar-refractivity contribution in [3.05, 3.63) is 64.7 Å². The predicted octanol–water partition coefficient (Wildman–Crippen LogP) is 5.18. The van der Waals surface area contributed by atoms with Crippen molar-refractivity contribution in [1.82, 2.24) is 9.80 Å². The summed E-state index contributed by atoms with van der Waals surface area (Å²) in [5.74, 6) is -4.07. The monoisotopic (exact) mass is 594 g/mol. The molecule has 12 heteroatoms. The SMILES string of the molecule is O=C(O)[C@@H]1CN([C@@H]2CC[C@@](C(=O)N3COc4c(F)cc(C(F)(F)F)cc4C3)(C3CC3)OC2)CC[C@H]1c1ccc(F)cc1. The summed E-state index contributed by atoms with van der Waals surface area (Å²) in [7, 11) is 0. The molecule has 0 unspecified atom stereocenters. The number of amides is 1. The van der Waals surface area contributed by atoms with Crippen molar-refractivity contribution in [3.8, 4) is 5.75 Å². The molecule has 1 N–H and O–H groups in total. The largest absolute Gasteiger partial charge is 0.481 e. The molecule has 0 spiro atoms. The second-order valence-electron chi connectivity index (χ2n) is 11.8. The third kappa shape index (κ3) is 5.34. The summed E-state index contributed by atoms with van der Waals surface area (Å²) in [5.41, 5.74) is -1.57. The highest BCUT2D eigenvalue weighted by Crippen LogP contribution is 2.49. The van der Waals surface area contributed by atoms with Gasteiger partial charge in [-0.25, -0.2) is 8.78 Å². The minimum atomic E-state index is -4.74. The maximum atomic E-state index is 14.4. The lowest BCUT2D eigenvalue weighted by Gasteiger charge is -2.47. The molecule has 2 aromatic rings. The number of carbonyl (C=O) groups excluding carboxylic acids is 1. The van der Waals surface area contributed by atoms with E-state index in [-0.39, 0.29) is 60.8 Å². The van der Waals surface area contributed by atoms with Crippen LogP contribution in [0.5, 0.6) is 5.75 Å². The van der Waals surface area contributed by atoms with E-state index < -0.39 is 35.0 Å². The minimum Gasteiger partial charge on any atom is -0.481 e. The molecule has 4 atom stereocenters. The van der Waals surface area contributed by atoms with Crippen molar-refractivity contribution in [2.45, 2.75) is 62.4 Å². The molecule has 0 radical (unpaired) electrons. The topological polar surface area (TPSA) is 79.3 Å². The van der Waals surface area contributed by atoms with E-state index in [9.17, 15) is 36.6 Å². The first-order valence-electron chi connectivity index (χ1n) is 14.1. The first kappa shape index (κ1) is 28.9. The van der Waals surface area contributed by atoms with Crippen LogP contribution in [0.1, 0.15) is 54.7 Å². The number of nitrogens with zero attached hydrogens (tertiary/aromatic N) is 2. The van der Waals surface area contributed by atoms with E-state index in [0.29, 0.717) is 38.4 Å². The summed E-state index contributed by atoms with van der Waals surface area (Å²) in [6.45, 7) is 0.585. The first-order valence-corrected chi connectivity index (χ1v) is 14.1. The molecule has 2 aromatic carbocycles. The Morgan fingerprint density at radius 1 is 1.02 bits per heavy atom. The lowest BCUT2D eigenvalue weighted by atomic mass is 9.79. The number of aliphatic carboxylic acids is 1. The van der Waals surface area contributed by atoms with Crippen LogP contribution >= 0.6 is 0 Å².